The zero-order valence-electron chi connectivity index (χ0n) is 24.5. The van der Waals surface area contributed by atoms with E-state index in [0.717, 1.165) is 30.5 Å². The summed E-state index contributed by atoms with van der Waals surface area (Å²) in [5.41, 5.74) is 3.03. The first-order valence-electron chi connectivity index (χ1n) is 14.9. The summed E-state index contributed by atoms with van der Waals surface area (Å²) in [6.07, 6.45) is 9.25. The van der Waals surface area contributed by atoms with Gasteiger partial charge in [-0.1, -0.05) is 36.4 Å². The number of allylic oxidation sites excluding steroid dienone is 1. The Morgan fingerprint density at radius 2 is 1.74 bits per heavy atom. The van der Waals surface area contributed by atoms with Gasteiger partial charge >= 0.3 is 0 Å². The molecule has 3 heterocycles. The number of rotatable bonds is 9. The molecule has 2 aromatic rings. The first-order valence-corrected chi connectivity index (χ1v) is 16.7. The highest BCUT2D eigenvalue weighted by Crippen LogP contribution is 2.33. The Balaban J connectivity index is 1.20. The average molecular weight is 596 g/mol. The molecule has 2 saturated heterocycles. The van der Waals surface area contributed by atoms with E-state index in [1.54, 1.807) is 0 Å². The van der Waals surface area contributed by atoms with Gasteiger partial charge in [0.05, 0.1) is 12.7 Å². The molecule has 10 heteroatoms. The summed E-state index contributed by atoms with van der Waals surface area (Å²) in [5.74, 6) is 1.46. The molecule has 5 rings (SSSR count). The van der Waals surface area contributed by atoms with Gasteiger partial charge in [-0.25, -0.2) is 12.7 Å². The number of para-hydroxylation sites is 1. The lowest BCUT2D eigenvalue weighted by atomic mass is 9.95. The first-order chi connectivity index (χ1) is 20.2. The minimum Gasteiger partial charge on any atom is -0.490 e. The van der Waals surface area contributed by atoms with Crippen molar-refractivity contribution in [3.63, 3.8) is 0 Å². The number of amides is 2. The van der Waals surface area contributed by atoms with Crippen molar-refractivity contribution in [2.24, 2.45) is 0 Å². The van der Waals surface area contributed by atoms with Gasteiger partial charge in [0.25, 0.3) is 0 Å². The highest BCUT2D eigenvalue weighted by Gasteiger charge is 2.34. The Hall–Kier alpha value is -3.37. The van der Waals surface area contributed by atoms with Crippen LogP contribution in [-0.2, 0) is 32.5 Å². The summed E-state index contributed by atoms with van der Waals surface area (Å²) < 4.78 is 37.4. The van der Waals surface area contributed by atoms with Crippen molar-refractivity contribution >= 4 is 27.5 Å². The number of aryl methyl sites for hydroxylation is 1. The minimum absolute atomic E-state index is 0.0384. The molecular weight excluding hydrogens is 554 g/mol. The molecule has 0 bridgehead atoms. The molecule has 0 aliphatic carbocycles. The average Bonchev–Trinajstić information content (AvgIpc) is 2.98. The van der Waals surface area contributed by atoms with Crippen LogP contribution >= 0.6 is 0 Å². The van der Waals surface area contributed by atoms with Gasteiger partial charge in [-0.05, 0) is 56.7 Å². The Morgan fingerprint density at radius 3 is 2.45 bits per heavy atom. The number of hydrogen-bond acceptors (Lipinski definition) is 6. The van der Waals surface area contributed by atoms with Crippen LogP contribution in [0.2, 0.25) is 0 Å². The van der Waals surface area contributed by atoms with Gasteiger partial charge in [0.1, 0.15) is 24.2 Å². The summed E-state index contributed by atoms with van der Waals surface area (Å²) >= 11 is 0. The van der Waals surface area contributed by atoms with Gasteiger partial charge in [0.15, 0.2) is 0 Å². The summed E-state index contributed by atoms with van der Waals surface area (Å²) in [6, 6.07) is 13.8. The number of carbonyl (C=O) groups excluding carboxylic acids is 2. The van der Waals surface area contributed by atoms with Crippen molar-refractivity contribution in [2.75, 3.05) is 43.9 Å². The lowest BCUT2D eigenvalue weighted by molar-refractivity contribution is -0.131. The molecule has 42 heavy (non-hydrogen) atoms. The third-order valence-corrected chi connectivity index (χ3v) is 9.74. The Bertz CT molecular complexity index is 1410. The molecule has 0 atom stereocenters. The van der Waals surface area contributed by atoms with Crippen LogP contribution in [-0.4, -0.2) is 80.6 Å². The van der Waals surface area contributed by atoms with E-state index in [2.05, 4.69) is 6.07 Å². The first kappa shape index (κ1) is 30.1. The number of nitrogens with zero attached hydrogens (tertiary/aromatic N) is 3. The van der Waals surface area contributed by atoms with E-state index in [9.17, 15) is 18.0 Å². The quantitative estimate of drug-likeness (QED) is 0.408. The Kier molecular flexibility index (Phi) is 9.53. The third-order valence-electron chi connectivity index (χ3n) is 8.43. The number of hydrogen-bond donors (Lipinski definition) is 0. The number of benzene rings is 2. The number of fused-ring (bicyclic) bond motifs is 1. The van der Waals surface area contributed by atoms with Crippen LogP contribution in [0.15, 0.2) is 54.6 Å². The van der Waals surface area contributed by atoms with Gasteiger partial charge in [-0.2, -0.15) is 0 Å². The van der Waals surface area contributed by atoms with Gasteiger partial charge in [-0.15, -0.1) is 0 Å². The molecular formula is C32H41N3O6S. The van der Waals surface area contributed by atoms with E-state index in [1.165, 1.54) is 16.1 Å². The van der Waals surface area contributed by atoms with Gasteiger partial charge in [-0.3, -0.25) is 9.59 Å². The number of ether oxygens (including phenoxy) is 2. The number of anilines is 1. The van der Waals surface area contributed by atoms with E-state index in [-0.39, 0.29) is 30.4 Å². The van der Waals surface area contributed by atoms with Gasteiger partial charge in [0, 0.05) is 56.0 Å². The highest BCUT2D eigenvalue weighted by molar-refractivity contribution is 7.88. The smallest absolute Gasteiger partial charge is 0.227 e. The normalized spacial score (nSPS) is 19.2. The van der Waals surface area contributed by atoms with E-state index in [0.29, 0.717) is 63.5 Å². The molecule has 0 aromatic heterocycles. The number of sulfonamides is 1. The van der Waals surface area contributed by atoms with E-state index in [4.69, 9.17) is 9.47 Å². The zero-order valence-corrected chi connectivity index (χ0v) is 25.4. The standard InChI is InChI=1S/C32H41N3O6S/c1-3-4-21-40-30-23-28(41-27-15-19-34(20-16-27)42(2,38)39)11-9-25(30)22-32(37)33-17-13-26(14-18-33)35-29-8-6-5-7-24(29)10-12-31(35)36/h3-9,11,23,26-27H,10,12-22H2,1-2H3/b4-3+. The molecule has 0 spiro atoms. The van der Waals surface area contributed by atoms with Crippen molar-refractivity contribution in [3.05, 3.63) is 65.7 Å². The fourth-order valence-corrected chi connectivity index (χ4v) is 6.97. The van der Waals surface area contributed by atoms with E-state index >= 15 is 0 Å². The van der Waals surface area contributed by atoms with Crippen molar-refractivity contribution < 1.29 is 27.5 Å². The molecule has 0 saturated carbocycles. The second-order valence-corrected chi connectivity index (χ2v) is 13.3. The molecule has 2 fully saturated rings. The van der Waals surface area contributed by atoms with E-state index < -0.39 is 10.0 Å². The van der Waals surface area contributed by atoms with Crippen LogP contribution in [0.4, 0.5) is 5.69 Å². The minimum atomic E-state index is -3.19. The molecule has 9 nitrogen and oxygen atoms in total. The summed E-state index contributed by atoms with van der Waals surface area (Å²) in [4.78, 5) is 30.1. The summed E-state index contributed by atoms with van der Waals surface area (Å²) in [5, 5.41) is 0. The summed E-state index contributed by atoms with van der Waals surface area (Å²) in [7, 11) is -3.19. The monoisotopic (exact) mass is 595 g/mol. The van der Waals surface area contributed by atoms with Crippen molar-refractivity contribution in [1.82, 2.24) is 9.21 Å². The number of piperidine rings is 2. The Labute approximate surface area is 249 Å². The van der Waals surface area contributed by atoms with Crippen LogP contribution in [0.5, 0.6) is 11.5 Å². The maximum absolute atomic E-state index is 13.4. The van der Waals surface area contributed by atoms with Crippen LogP contribution in [0.3, 0.4) is 0 Å². The van der Waals surface area contributed by atoms with Crippen LogP contribution in [0, 0.1) is 0 Å². The van der Waals surface area contributed by atoms with Crippen molar-refractivity contribution in [2.45, 2.75) is 64.0 Å². The van der Waals surface area contributed by atoms with Gasteiger partial charge in [0.2, 0.25) is 21.8 Å². The SMILES string of the molecule is C/C=C/COc1cc(OC2CCN(S(C)(=O)=O)CC2)ccc1CC(=O)N1CCC(N2C(=O)CCc3ccccc32)CC1. The van der Waals surface area contributed by atoms with Crippen molar-refractivity contribution in [1.29, 1.82) is 0 Å². The molecule has 0 unspecified atom stereocenters. The van der Waals surface area contributed by atoms with Gasteiger partial charge < -0.3 is 19.3 Å². The van der Waals surface area contributed by atoms with Crippen molar-refractivity contribution in [3.8, 4) is 11.5 Å². The second-order valence-electron chi connectivity index (χ2n) is 11.3. The molecule has 2 aromatic carbocycles. The fourth-order valence-electron chi connectivity index (χ4n) is 6.10. The molecule has 2 amide bonds. The predicted octanol–water partition coefficient (Wildman–Crippen LogP) is 3.96. The Morgan fingerprint density at radius 1 is 1.00 bits per heavy atom. The lowest BCUT2D eigenvalue weighted by Gasteiger charge is -2.41. The zero-order chi connectivity index (χ0) is 29.7. The molecule has 0 radical (unpaired) electrons. The second kappa shape index (κ2) is 13.3. The van der Waals surface area contributed by atoms with E-state index in [1.807, 2.05) is 65.3 Å². The lowest BCUT2D eigenvalue weighted by Crippen LogP contribution is -2.50. The molecule has 3 aliphatic rings. The molecule has 3 aliphatic heterocycles. The number of carbonyl (C=O) groups is 2. The van der Waals surface area contributed by atoms with Crippen LogP contribution in [0.25, 0.3) is 0 Å². The molecule has 226 valence electrons. The third kappa shape index (κ3) is 7.15. The van der Waals surface area contributed by atoms with Crippen LogP contribution in [0.1, 0.15) is 50.2 Å². The fraction of sp³-hybridized carbons (Fsp3) is 0.500. The maximum Gasteiger partial charge on any atom is 0.227 e. The number of likely N-dealkylation sites (tertiary alicyclic amines) is 1. The van der Waals surface area contributed by atoms with Crippen LogP contribution < -0.4 is 14.4 Å². The maximum atomic E-state index is 13.4. The highest BCUT2D eigenvalue weighted by atomic mass is 32.2. The predicted molar refractivity (Wildman–Crippen MR) is 162 cm³/mol. The summed E-state index contributed by atoms with van der Waals surface area (Å²) in [6.45, 7) is 4.40. The topological polar surface area (TPSA) is 96.5 Å². The largest absolute Gasteiger partial charge is 0.490 e. The molecule has 0 N–H and O–H groups in total.